The molecule has 0 aliphatic carbocycles. The van der Waals surface area contributed by atoms with Gasteiger partial charge < -0.3 is 5.11 Å². The van der Waals surface area contributed by atoms with E-state index in [4.69, 9.17) is 5.11 Å². The number of unbranched alkanes of at least 4 members (excludes halogenated alkanes) is 5. The summed E-state index contributed by atoms with van der Waals surface area (Å²) in [7, 11) is 1.35. The minimum Gasteiger partial charge on any atom is -0.490 e. The first kappa shape index (κ1) is 11.5. The lowest BCUT2D eigenvalue weighted by atomic mass is 9.73. The Morgan fingerprint density at radius 2 is 1.75 bits per heavy atom. The van der Waals surface area contributed by atoms with Gasteiger partial charge in [-0.25, -0.2) is 0 Å². The van der Waals surface area contributed by atoms with E-state index >= 15 is 0 Å². The highest BCUT2D eigenvalue weighted by Crippen LogP contribution is 2.06. The van der Waals surface area contributed by atoms with Gasteiger partial charge in [-0.1, -0.05) is 51.8 Å². The van der Waals surface area contributed by atoms with Gasteiger partial charge in [0.2, 0.25) is 5.87 Å². The molecule has 0 amide bonds. The van der Waals surface area contributed by atoms with E-state index < -0.39 is 5.87 Å². The first-order valence-corrected chi connectivity index (χ1v) is 4.83. The third-order valence-corrected chi connectivity index (χ3v) is 1.88. The molecule has 0 aliphatic heterocycles. The minimum atomic E-state index is -0.788. The van der Waals surface area contributed by atoms with Crippen LogP contribution in [0.5, 0.6) is 0 Å². The fraction of sp³-hybridized carbons (Fsp3) is 0.889. The summed E-state index contributed by atoms with van der Waals surface area (Å²) in [5.41, 5.74) is 0. The van der Waals surface area contributed by atoms with Gasteiger partial charge in [-0.15, -0.1) is 0 Å². The molecule has 0 fully saturated rings. The lowest BCUT2D eigenvalue weighted by Gasteiger charge is -1.97. The van der Waals surface area contributed by atoms with Gasteiger partial charge in [0.15, 0.2) is 0 Å². The SMILES string of the molecule is CCCCCCCC[B]C(=O)O. The van der Waals surface area contributed by atoms with Gasteiger partial charge in [-0.2, -0.15) is 0 Å². The van der Waals surface area contributed by atoms with Gasteiger partial charge in [0.25, 0.3) is 7.28 Å². The maximum absolute atomic E-state index is 10.1. The van der Waals surface area contributed by atoms with Crippen LogP contribution in [0.4, 0.5) is 4.79 Å². The summed E-state index contributed by atoms with van der Waals surface area (Å²) in [4.78, 5) is 10.1. The summed E-state index contributed by atoms with van der Waals surface area (Å²) in [6.45, 7) is 2.19. The first-order valence-electron chi connectivity index (χ1n) is 4.83. The molecule has 0 heterocycles. The smallest absolute Gasteiger partial charge is 0.260 e. The molecule has 12 heavy (non-hydrogen) atoms. The van der Waals surface area contributed by atoms with Crippen LogP contribution in [0.3, 0.4) is 0 Å². The van der Waals surface area contributed by atoms with E-state index in [1.807, 2.05) is 0 Å². The van der Waals surface area contributed by atoms with Gasteiger partial charge in [-0.3, -0.25) is 4.79 Å². The molecule has 0 atom stereocenters. The zero-order valence-electron chi connectivity index (χ0n) is 7.88. The zero-order chi connectivity index (χ0) is 9.23. The molecule has 1 N–H and O–H groups in total. The maximum atomic E-state index is 10.1. The fourth-order valence-electron chi connectivity index (χ4n) is 1.15. The lowest BCUT2D eigenvalue weighted by molar-refractivity contribution is 0.219. The topological polar surface area (TPSA) is 37.3 Å². The highest BCUT2D eigenvalue weighted by Gasteiger charge is 1.98. The molecule has 0 aromatic rings. The highest BCUT2D eigenvalue weighted by atomic mass is 16.4. The van der Waals surface area contributed by atoms with Crippen LogP contribution >= 0.6 is 0 Å². The predicted octanol–water partition coefficient (Wildman–Crippen LogP) is 3.15. The summed E-state index contributed by atoms with van der Waals surface area (Å²) in [5, 5.41) is 8.30. The number of carboxylic acid groups (broad SMARTS) is 1. The van der Waals surface area contributed by atoms with E-state index in [1.165, 1.54) is 39.4 Å². The third-order valence-electron chi connectivity index (χ3n) is 1.88. The van der Waals surface area contributed by atoms with Crippen molar-refractivity contribution < 1.29 is 9.90 Å². The molecular formula is C9H18BO2. The van der Waals surface area contributed by atoms with Crippen molar-refractivity contribution in [2.45, 2.75) is 51.8 Å². The summed E-state index contributed by atoms with van der Waals surface area (Å²) in [6, 6.07) is 0. The van der Waals surface area contributed by atoms with E-state index in [2.05, 4.69) is 6.92 Å². The van der Waals surface area contributed by atoms with Crippen molar-refractivity contribution in [3.8, 4) is 0 Å². The van der Waals surface area contributed by atoms with Crippen molar-refractivity contribution in [1.82, 2.24) is 0 Å². The molecule has 0 bridgehead atoms. The van der Waals surface area contributed by atoms with Gasteiger partial charge in [0, 0.05) is 0 Å². The van der Waals surface area contributed by atoms with Crippen LogP contribution in [0.1, 0.15) is 45.4 Å². The molecule has 0 saturated carbocycles. The largest absolute Gasteiger partial charge is 0.490 e. The Kier molecular flexibility index (Phi) is 8.30. The molecule has 0 aromatic heterocycles. The van der Waals surface area contributed by atoms with E-state index in [0.29, 0.717) is 0 Å². The van der Waals surface area contributed by atoms with Crippen molar-refractivity contribution in [3.05, 3.63) is 0 Å². The lowest BCUT2D eigenvalue weighted by Crippen LogP contribution is -2.03. The average molecular weight is 169 g/mol. The fourth-order valence-corrected chi connectivity index (χ4v) is 1.15. The molecule has 0 rings (SSSR count). The van der Waals surface area contributed by atoms with Gasteiger partial charge in [0.05, 0.1) is 0 Å². The monoisotopic (exact) mass is 169 g/mol. The molecule has 3 heteroatoms. The second-order valence-corrected chi connectivity index (χ2v) is 3.10. The molecule has 2 nitrogen and oxygen atoms in total. The van der Waals surface area contributed by atoms with E-state index in [0.717, 1.165) is 12.7 Å². The molecule has 0 aromatic carbocycles. The highest BCUT2D eigenvalue weighted by molar-refractivity contribution is 6.71. The van der Waals surface area contributed by atoms with Crippen molar-refractivity contribution in [2.24, 2.45) is 0 Å². The van der Waals surface area contributed by atoms with E-state index in [9.17, 15) is 4.79 Å². The summed E-state index contributed by atoms with van der Waals surface area (Å²) < 4.78 is 0. The van der Waals surface area contributed by atoms with Crippen LogP contribution in [-0.2, 0) is 0 Å². The summed E-state index contributed by atoms with van der Waals surface area (Å²) in [5.74, 6) is -0.788. The van der Waals surface area contributed by atoms with Crippen LogP contribution in [-0.4, -0.2) is 18.3 Å². The molecule has 1 radical (unpaired) electrons. The normalized spacial score (nSPS) is 9.75. The van der Waals surface area contributed by atoms with Crippen LogP contribution < -0.4 is 0 Å². The molecular weight excluding hydrogens is 151 g/mol. The van der Waals surface area contributed by atoms with Crippen molar-refractivity contribution in [1.29, 1.82) is 0 Å². The first-order chi connectivity index (χ1) is 5.77. The predicted molar refractivity (Wildman–Crippen MR) is 52.0 cm³/mol. The molecule has 0 saturated heterocycles. The zero-order valence-corrected chi connectivity index (χ0v) is 7.88. The Labute approximate surface area is 75.6 Å². The number of hydrogen-bond donors (Lipinski definition) is 1. The molecule has 0 unspecified atom stereocenters. The Morgan fingerprint density at radius 3 is 2.33 bits per heavy atom. The van der Waals surface area contributed by atoms with Crippen LogP contribution in [0.15, 0.2) is 0 Å². The van der Waals surface area contributed by atoms with E-state index in [1.54, 1.807) is 0 Å². The van der Waals surface area contributed by atoms with Crippen LogP contribution in [0.2, 0.25) is 6.32 Å². The number of hydrogen-bond acceptors (Lipinski definition) is 1. The Morgan fingerprint density at radius 1 is 1.17 bits per heavy atom. The second-order valence-electron chi connectivity index (χ2n) is 3.10. The summed E-state index contributed by atoms with van der Waals surface area (Å²) >= 11 is 0. The van der Waals surface area contributed by atoms with E-state index in [-0.39, 0.29) is 0 Å². The Bertz CT molecular complexity index is 115. The summed E-state index contributed by atoms with van der Waals surface area (Å²) in [6.07, 6.45) is 8.04. The van der Waals surface area contributed by atoms with Gasteiger partial charge in [0.1, 0.15) is 0 Å². The Balaban J connectivity index is 2.86. The standard InChI is InChI=1S/C9H18BO2/c1-2-3-4-5-6-7-8-10-9(11)12/h2-8H2,1H3,(H,11,12). The van der Waals surface area contributed by atoms with Gasteiger partial charge >= 0.3 is 0 Å². The van der Waals surface area contributed by atoms with Crippen LogP contribution in [0, 0.1) is 0 Å². The van der Waals surface area contributed by atoms with Crippen molar-refractivity contribution in [2.75, 3.05) is 0 Å². The maximum Gasteiger partial charge on any atom is 0.260 e. The second kappa shape index (κ2) is 8.63. The average Bonchev–Trinajstić information content (AvgIpc) is 2.02. The minimum absolute atomic E-state index is 0.724. The van der Waals surface area contributed by atoms with Crippen LogP contribution in [0.25, 0.3) is 0 Å². The quantitative estimate of drug-likeness (QED) is 0.447. The number of rotatable bonds is 8. The molecule has 0 spiro atoms. The number of carbonyl (C=O) groups is 1. The molecule has 0 aliphatic rings. The third kappa shape index (κ3) is 9.53. The van der Waals surface area contributed by atoms with Crippen molar-refractivity contribution >= 4 is 13.1 Å². The Hall–Kier alpha value is -0.465. The molecule has 69 valence electrons. The van der Waals surface area contributed by atoms with Crippen molar-refractivity contribution in [3.63, 3.8) is 0 Å². The van der Waals surface area contributed by atoms with Gasteiger partial charge in [-0.05, 0) is 0 Å².